The Balaban J connectivity index is 1.91. The number of aryl methyl sites for hydroxylation is 1. The van der Waals surface area contributed by atoms with Crippen LogP contribution in [-0.4, -0.2) is 6.29 Å². The molecule has 0 radical (unpaired) electrons. The van der Waals surface area contributed by atoms with Crippen molar-refractivity contribution in [2.24, 2.45) is 0 Å². The quantitative estimate of drug-likeness (QED) is 0.909. The van der Waals surface area contributed by atoms with E-state index < -0.39 is 6.29 Å². The normalized spacial score (nSPS) is 14.6. The number of anilines is 2. The maximum atomic E-state index is 13.0. The number of rotatable bonds is 2. The maximum absolute atomic E-state index is 13.0. The van der Waals surface area contributed by atoms with Gasteiger partial charge in [-0.15, -0.1) is 8.78 Å². The van der Waals surface area contributed by atoms with Crippen LogP contribution < -0.4 is 14.8 Å². The monoisotopic (exact) mass is 288 g/mol. The third-order valence-corrected chi connectivity index (χ3v) is 2.98. The van der Waals surface area contributed by atoms with Crippen LogP contribution in [0.25, 0.3) is 0 Å². The molecule has 4 nitrogen and oxygen atoms in total. The highest BCUT2D eigenvalue weighted by atomic mass is 19.3. The molecule has 0 aromatic heterocycles. The van der Waals surface area contributed by atoms with Crippen molar-refractivity contribution in [1.29, 1.82) is 5.26 Å². The van der Waals surface area contributed by atoms with Gasteiger partial charge in [0.2, 0.25) is 0 Å². The molecule has 106 valence electrons. The molecule has 21 heavy (non-hydrogen) atoms. The van der Waals surface area contributed by atoms with Crippen molar-refractivity contribution in [3.8, 4) is 17.6 Å². The fourth-order valence-electron chi connectivity index (χ4n) is 2.04. The number of fused-ring (bicyclic) bond motifs is 1. The molecule has 0 fully saturated rings. The first kappa shape index (κ1) is 13.2. The van der Waals surface area contributed by atoms with Crippen molar-refractivity contribution in [2.75, 3.05) is 5.32 Å². The van der Waals surface area contributed by atoms with Crippen molar-refractivity contribution >= 4 is 11.4 Å². The highest BCUT2D eigenvalue weighted by Gasteiger charge is 2.43. The second-order valence-electron chi connectivity index (χ2n) is 4.61. The number of hydrogen-bond acceptors (Lipinski definition) is 4. The van der Waals surface area contributed by atoms with E-state index in [-0.39, 0.29) is 11.5 Å². The number of nitriles is 1. The lowest BCUT2D eigenvalue weighted by Crippen LogP contribution is -2.25. The smallest absolute Gasteiger partial charge is 0.395 e. The largest absolute Gasteiger partial charge is 0.586 e. The van der Waals surface area contributed by atoms with Crippen LogP contribution in [0.2, 0.25) is 0 Å². The summed E-state index contributed by atoms with van der Waals surface area (Å²) in [7, 11) is 0. The van der Waals surface area contributed by atoms with E-state index in [0.29, 0.717) is 16.9 Å². The first-order chi connectivity index (χ1) is 9.97. The first-order valence-electron chi connectivity index (χ1n) is 6.14. The number of benzene rings is 2. The standard InChI is InChI=1S/C15H10F2N2O2/c1-9-2-3-10(8-18)12(6-9)19-11-4-5-13-14(7-11)21-15(16,17)20-13/h2-7,19H,1H3. The minimum Gasteiger partial charge on any atom is -0.395 e. The zero-order chi connectivity index (χ0) is 15.0. The molecule has 0 bridgehead atoms. The van der Waals surface area contributed by atoms with Gasteiger partial charge in [0.1, 0.15) is 6.07 Å². The van der Waals surface area contributed by atoms with Gasteiger partial charge in [-0.1, -0.05) is 6.07 Å². The highest BCUT2D eigenvalue weighted by Crippen LogP contribution is 2.42. The second kappa shape index (κ2) is 4.63. The predicted octanol–water partition coefficient (Wildman–Crippen LogP) is 3.93. The molecule has 0 spiro atoms. The molecule has 0 aliphatic carbocycles. The van der Waals surface area contributed by atoms with Crippen LogP contribution in [0.3, 0.4) is 0 Å². The number of ether oxygens (including phenoxy) is 2. The highest BCUT2D eigenvalue weighted by molar-refractivity contribution is 5.69. The molecule has 0 saturated carbocycles. The predicted molar refractivity (Wildman–Crippen MR) is 71.8 cm³/mol. The molecule has 0 saturated heterocycles. The Morgan fingerprint density at radius 2 is 1.86 bits per heavy atom. The third-order valence-electron chi connectivity index (χ3n) is 2.98. The number of halogens is 2. The fourth-order valence-corrected chi connectivity index (χ4v) is 2.04. The van der Waals surface area contributed by atoms with Gasteiger partial charge in [-0.2, -0.15) is 5.26 Å². The molecule has 3 rings (SSSR count). The zero-order valence-corrected chi connectivity index (χ0v) is 11.0. The number of nitrogens with zero attached hydrogens (tertiary/aromatic N) is 1. The Labute approximate surface area is 119 Å². The summed E-state index contributed by atoms with van der Waals surface area (Å²) in [5.74, 6) is -0.0635. The van der Waals surface area contributed by atoms with Gasteiger partial charge in [-0.3, -0.25) is 0 Å². The number of alkyl halides is 2. The average molecular weight is 288 g/mol. The fraction of sp³-hybridized carbons (Fsp3) is 0.133. The lowest BCUT2D eigenvalue weighted by atomic mass is 10.1. The van der Waals surface area contributed by atoms with E-state index in [0.717, 1.165) is 5.56 Å². The molecule has 0 unspecified atom stereocenters. The molecule has 6 heteroatoms. The summed E-state index contributed by atoms with van der Waals surface area (Å²) < 4.78 is 34.6. The molecular weight excluding hydrogens is 278 g/mol. The number of nitrogens with one attached hydrogen (secondary N) is 1. The molecule has 1 aliphatic heterocycles. The van der Waals surface area contributed by atoms with Gasteiger partial charge in [0.15, 0.2) is 11.5 Å². The lowest BCUT2D eigenvalue weighted by Gasteiger charge is -2.09. The van der Waals surface area contributed by atoms with Gasteiger partial charge in [0.05, 0.1) is 11.3 Å². The van der Waals surface area contributed by atoms with E-state index in [1.807, 2.05) is 13.0 Å². The van der Waals surface area contributed by atoms with Crippen LogP contribution in [-0.2, 0) is 0 Å². The van der Waals surface area contributed by atoms with Crippen LogP contribution in [0.15, 0.2) is 36.4 Å². The van der Waals surface area contributed by atoms with Gasteiger partial charge in [0, 0.05) is 11.8 Å². The van der Waals surface area contributed by atoms with E-state index in [2.05, 4.69) is 20.9 Å². The van der Waals surface area contributed by atoms with Gasteiger partial charge in [0.25, 0.3) is 0 Å². The Morgan fingerprint density at radius 1 is 1.10 bits per heavy atom. The second-order valence-corrected chi connectivity index (χ2v) is 4.61. The molecule has 0 amide bonds. The SMILES string of the molecule is Cc1ccc(C#N)c(Nc2ccc3c(c2)OC(F)(F)O3)c1. The Morgan fingerprint density at radius 3 is 2.62 bits per heavy atom. The summed E-state index contributed by atoms with van der Waals surface area (Å²) in [6.45, 7) is 1.90. The Bertz CT molecular complexity index is 754. The van der Waals surface area contributed by atoms with Crippen LogP contribution in [0.5, 0.6) is 11.5 Å². The van der Waals surface area contributed by atoms with Crippen molar-refractivity contribution in [3.63, 3.8) is 0 Å². The summed E-state index contributed by atoms with van der Waals surface area (Å²) in [6.07, 6.45) is -3.64. The van der Waals surface area contributed by atoms with E-state index in [4.69, 9.17) is 5.26 Å². The van der Waals surface area contributed by atoms with E-state index in [1.54, 1.807) is 18.2 Å². The van der Waals surface area contributed by atoms with Crippen molar-refractivity contribution in [1.82, 2.24) is 0 Å². The molecular formula is C15H10F2N2O2. The molecule has 1 aliphatic rings. The molecule has 1 heterocycles. The van der Waals surface area contributed by atoms with Crippen LogP contribution >= 0.6 is 0 Å². The summed E-state index contributed by atoms with van der Waals surface area (Å²) in [5.41, 5.74) is 2.56. The van der Waals surface area contributed by atoms with Gasteiger partial charge in [-0.05, 0) is 36.8 Å². The van der Waals surface area contributed by atoms with Crippen LogP contribution in [0, 0.1) is 18.3 Å². The molecule has 1 N–H and O–H groups in total. The van der Waals surface area contributed by atoms with Crippen molar-refractivity contribution in [3.05, 3.63) is 47.5 Å². The Hall–Kier alpha value is -2.81. The van der Waals surface area contributed by atoms with E-state index >= 15 is 0 Å². The van der Waals surface area contributed by atoms with E-state index in [9.17, 15) is 8.78 Å². The lowest BCUT2D eigenvalue weighted by molar-refractivity contribution is -0.286. The minimum absolute atomic E-state index is 0.0182. The van der Waals surface area contributed by atoms with Gasteiger partial charge < -0.3 is 14.8 Å². The zero-order valence-electron chi connectivity index (χ0n) is 11.0. The van der Waals surface area contributed by atoms with Crippen LogP contribution in [0.4, 0.5) is 20.2 Å². The summed E-state index contributed by atoms with van der Waals surface area (Å²) in [6, 6.07) is 11.8. The molecule has 2 aromatic rings. The number of hydrogen-bond donors (Lipinski definition) is 1. The molecule has 0 atom stereocenters. The summed E-state index contributed by atoms with van der Waals surface area (Å²) >= 11 is 0. The third kappa shape index (κ3) is 2.58. The minimum atomic E-state index is -3.64. The maximum Gasteiger partial charge on any atom is 0.586 e. The molecule has 2 aromatic carbocycles. The average Bonchev–Trinajstić information content (AvgIpc) is 2.72. The van der Waals surface area contributed by atoms with E-state index in [1.165, 1.54) is 12.1 Å². The summed E-state index contributed by atoms with van der Waals surface area (Å²) in [5, 5.41) is 12.1. The van der Waals surface area contributed by atoms with Crippen molar-refractivity contribution in [2.45, 2.75) is 13.2 Å². The van der Waals surface area contributed by atoms with Gasteiger partial charge >= 0.3 is 6.29 Å². The summed E-state index contributed by atoms with van der Waals surface area (Å²) in [4.78, 5) is 0. The topological polar surface area (TPSA) is 54.3 Å². The van der Waals surface area contributed by atoms with Crippen LogP contribution in [0.1, 0.15) is 11.1 Å². The Kier molecular flexibility index (Phi) is 2.91. The first-order valence-corrected chi connectivity index (χ1v) is 6.14. The van der Waals surface area contributed by atoms with Crippen molar-refractivity contribution < 1.29 is 18.3 Å². The van der Waals surface area contributed by atoms with Gasteiger partial charge in [-0.25, -0.2) is 0 Å².